The lowest BCUT2D eigenvalue weighted by atomic mass is 10.1. The number of esters is 1. The van der Waals surface area contributed by atoms with E-state index < -0.39 is 40.1 Å². The Morgan fingerprint density at radius 3 is 2.47 bits per heavy atom. The van der Waals surface area contributed by atoms with Gasteiger partial charge in [0.2, 0.25) is 10.0 Å². The minimum atomic E-state index is -3.85. The van der Waals surface area contributed by atoms with E-state index in [1.165, 1.54) is 18.2 Å². The molecule has 2 aromatic rings. The van der Waals surface area contributed by atoms with E-state index in [1.807, 2.05) is 17.5 Å². The van der Waals surface area contributed by atoms with Gasteiger partial charge >= 0.3 is 12.0 Å². The third kappa shape index (κ3) is 8.06. The van der Waals surface area contributed by atoms with E-state index in [0.717, 1.165) is 4.88 Å². The van der Waals surface area contributed by atoms with Crippen LogP contribution in [0.3, 0.4) is 0 Å². The largest absolute Gasteiger partial charge is 0.452 e. The minimum Gasteiger partial charge on any atom is -0.452 e. The predicted octanol–water partition coefficient (Wildman–Crippen LogP) is 2.36. The Bertz CT molecular complexity index is 1070. The molecule has 0 spiro atoms. The van der Waals surface area contributed by atoms with Crippen molar-refractivity contribution in [1.29, 1.82) is 0 Å². The summed E-state index contributed by atoms with van der Waals surface area (Å²) in [6.07, 6.45) is 0.636. The molecule has 2 rings (SSSR count). The van der Waals surface area contributed by atoms with Crippen molar-refractivity contribution in [3.63, 3.8) is 0 Å². The summed E-state index contributed by atoms with van der Waals surface area (Å²) in [5.41, 5.74) is -0.210. The Balaban J connectivity index is 1.90. The van der Waals surface area contributed by atoms with Crippen molar-refractivity contribution in [3.8, 4) is 0 Å². The Hall–Kier alpha value is -2.76. The van der Waals surface area contributed by atoms with Crippen LogP contribution in [-0.4, -0.2) is 45.0 Å². The molecular formula is C21H27N3O6S2. The maximum atomic E-state index is 12.5. The highest BCUT2D eigenvalue weighted by Crippen LogP contribution is 2.18. The number of aryl methyl sites for hydroxylation is 1. The molecule has 9 nitrogen and oxygen atoms in total. The van der Waals surface area contributed by atoms with E-state index in [2.05, 4.69) is 15.4 Å². The van der Waals surface area contributed by atoms with Gasteiger partial charge in [0, 0.05) is 17.0 Å². The van der Waals surface area contributed by atoms with Crippen LogP contribution in [0, 0.1) is 6.92 Å². The van der Waals surface area contributed by atoms with Gasteiger partial charge in [0.1, 0.15) is 0 Å². The Morgan fingerprint density at radius 1 is 1.12 bits per heavy atom. The van der Waals surface area contributed by atoms with Gasteiger partial charge < -0.3 is 10.1 Å². The van der Waals surface area contributed by atoms with Crippen molar-refractivity contribution in [3.05, 3.63) is 51.7 Å². The second kappa shape index (κ2) is 10.7. The van der Waals surface area contributed by atoms with Crippen LogP contribution in [0.25, 0.3) is 0 Å². The van der Waals surface area contributed by atoms with Crippen molar-refractivity contribution in [1.82, 2.24) is 15.4 Å². The van der Waals surface area contributed by atoms with E-state index in [0.29, 0.717) is 18.5 Å². The third-order valence-corrected chi connectivity index (χ3v) is 6.70. The number of hydrogen-bond donors (Lipinski definition) is 3. The highest BCUT2D eigenvalue weighted by atomic mass is 32.2. The first-order chi connectivity index (χ1) is 14.9. The first-order valence-corrected chi connectivity index (χ1v) is 12.2. The van der Waals surface area contributed by atoms with E-state index in [-0.39, 0.29) is 10.5 Å². The summed E-state index contributed by atoms with van der Waals surface area (Å²) in [7, 11) is -3.85. The Kier molecular flexibility index (Phi) is 8.53. The van der Waals surface area contributed by atoms with Crippen LogP contribution < -0.4 is 15.4 Å². The van der Waals surface area contributed by atoms with Gasteiger partial charge in [-0.3, -0.25) is 10.1 Å². The van der Waals surface area contributed by atoms with Crippen LogP contribution in [0.5, 0.6) is 0 Å². The first kappa shape index (κ1) is 25.5. The van der Waals surface area contributed by atoms with E-state index in [1.54, 1.807) is 39.0 Å². The van der Waals surface area contributed by atoms with Gasteiger partial charge in [-0.1, -0.05) is 12.1 Å². The predicted molar refractivity (Wildman–Crippen MR) is 121 cm³/mol. The standard InChI is InChI=1S/C21H27N3O6S2/c1-14-7-8-16(32(28,29)24-21(2,3)4)12-17(14)19(26)30-13-18(25)23-20(27)22-10-9-15-6-5-11-31-15/h5-8,11-12,24H,9-10,13H2,1-4H3,(H2,22,23,25,27). The average Bonchev–Trinajstić information content (AvgIpc) is 3.18. The summed E-state index contributed by atoms with van der Waals surface area (Å²) >= 11 is 1.57. The zero-order chi connectivity index (χ0) is 23.9. The monoisotopic (exact) mass is 481 g/mol. The first-order valence-electron chi connectivity index (χ1n) is 9.79. The third-order valence-electron chi connectivity index (χ3n) is 4.00. The molecule has 3 amide bonds. The van der Waals surface area contributed by atoms with E-state index >= 15 is 0 Å². The number of amides is 3. The number of hydrogen-bond acceptors (Lipinski definition) is 7. The zero-order valence-electron chi connectivity index (χ0n) is 18.4. The molecule has 0 aliphatic carbocycles. The van der Waals surface area contributed by atoms with Gasteiger partial charge in [0.15, 0.2) is 6.61 Å². The molecule has 1 aromatic heterocycles. The van der Waals surface area contributed by atoms with Crippen LogP contribution in [-0.2, 0) is 26.0 Å². The van der Waals surface area contributed by atoms with Crippen LogP contribution in [0.1, 0.15) is 41.6 Å². The maximum Gasteiger partial charge on any atom is 0.338 e. The normalized spacial score (nSPS) is 11.6. The van der Waals surface area contributed by atoms with Gasteiger partial charge in [0.25, 0.3) is 5.91 Å². The second-order valence-electron chi connectivity index (χ2n) is 8.04. The van der Waals surface area contributed by atoms with Gasteiger partial charge in [-0.25, -0.2) is 22.7 Å². The summed E-state index contributed by atoms with van der Waals surface area (Å²) in [5.74, 6) is -1.67. The molecule has 0 radical (unpaired) electrons. The molecule has 0 bridgehead atoms. The van der Waals surface area contributed by atoms with Crippen LogP contribution in [0.15, 0.2) is 40.6 Å². The lowest BCUT2D eigenvalue weighted by Crippen LogP contribution is -2.42. The Labute approximate surface area is 191 Å². The van der Waals surface area contributed by atoms with Gasteiger partial charge in [0.05, 0.1) is 10.5 Å². The fourth-order valence-corrected chi connectivity index (χ4v) is 4.77. The summed E-state index contributed by atoms with van der Waals surface area (Å²) in [4.78, 5) is 37.1. The fraction of sp³-hybridized carbons (Fsp3) is 0.381. The number of ether oxygens (including phenoxy) is 1. The molecule has 0 saturated heterocycles. The molecule has 0 fully saturated rings. The molecular weight excluding hydrogens is 454 g/mol. The molecule has 32 heavy (non-hydrogen) atoms. The highest BCUT2D eigenvalue weighted by Gasteiger charge is 2.24. The van der Waals surface area contributed by atoms with Crippen molar-refractivity contribution in [2.75, 3.05) is 13.2 Å². The van der Waals surface area contributed by atoms with Crippen molar-refractivity contribution in [2.24, 2.45) is 0 Å². The lowest BCUT2D eigenvalue weighted by Gasteiger charge is -2.20. The number of sulfonamides is 1. The molecule has 0 unspecified atom stereocenters. The van der Waals surface area contributed by atoms with Gasteiger partial charge in [-0.2, -0.15) is 0 Å². The second-order valence-corrected chi connectivity index (χ2v) is 10.8. The summed E-state index contributed by atoms with van der Waals surface area (Å²) in [6, 6.07) is 7.21. The van der Waals surface area contributed by atoms with Crippen molar-refractivity contribution < 1.29 is 27.5 Å². The van der Waals surface area contributed by atoms with Crippen molar-refractivity contribution in [2.45, 2.75) is 44.6 Å². The number of rotatable bonds is 8. The molecule has 0 atom stereocenters. The molecule has 174 valence electrons. The average molecular weight is 482 g/mol. The Morgan fingerprint density at radius 2 is 1.84 bits per heavy atom. The van der Waals surface area contributed by atoms with Gasteiger partial charge in [-0.15, -0.1) is 11.3 Å². The van der Waals surface area contributed by atoms with E-state index in [4.69, 9.17) is 4.74 Å². The zero-order valence-corrected chi connectivity index (χ0v) is 20.0. The van der Waals surface area contributed by atoms with Crippen LogP contribution in [0.2, 0.25) is 0 Å². The number of nitrogens with one attached hydrogen (secondary N) is 3. The smallest absolute Gasteiger partial charge is 0.338 e. The number of benzene rings is 1. The fourth-order valence-electron chi connectivity index (χ4n) is 2.62. The van der Waals surface area contributed by atoms with Crippen molar-refractivity contribution >= 4 is 39.3 Å². The van der Waals surface area contributed by atoms with E-state index in [9.17, 15) is 22.8 Å². The molecule has 1 aromatic carbocycles. The summed E-state index contributed by atoms with van der Waals surface area (Å²) < 4.78 is 32.5. The number of thiophene rings is 1. The number of carbonyl (C=O) groups excluding carboxylic acids is 3. The quantitative estimate of drug-likeness (QED) is 0.496. The summed E-state index contributed by atoms with van der Waals surface area (Å²) in [6.45, 7) is 6.38. The number of imide groups is 1. The topological polar surface area (TPSA) is 131 Å². The van der Waals surface area contributed by atoms with Crippen LogP contribution >= 0.6 is 11.3 Å². The molecule has 1 heterocycles. The highest BCUT2D eigenvalue weighted by molar-refractivity contribution is 7.89. The number of carbonyl (C=O) groups is 3. The molecule has 3 N–H and O–H groups in total. The van der Waals surface area contributed by atoms with Gasteiger partial charge in [-0.05, 0) is 63.3 Å². The maximum absolute atomic E-state index is 12.5. The molecule has 0 aliphatic rings. The lowest BCUT2D eigenvalue weighted by molar-refractivity contribution is -0.123. The summed E-state index contributed by atoms with van der Waals surface area (Å²) in [5, 5.41) is 6.55. The number of urea groups is 1. The molecule has 0 aliphatic heterocycles. The SMILES string of the molecule is Cc1ccc(S(=O)(=O)NC(C)(C)C)cc1C(=O)OCC(=O)NC(=O)NCCc1cccs1. The molecule has 0 saturated carbocycles. The van der Waals surface area contributed by atoms with Crippen LogP contribution in [0.4, 0.5) is 4.79 Å². The molecule has 11 heteroatoms. The minimum absolute atomic E-state index is 0.00924.